The van der Waals surface area contributed by atoms with Crippen molar-refractivity contribution in [1.29, 1.82) is 0 Å². The lowest BCUT2D eigenvalue weighted by Crippen LogP contribution is -2.33. The number of carbonyl (C=O) groups excluding carboxylic acids is 2. The Morgan fingerprint density at radius 2 is 1.93 bits per heavy atom. The van der Waals surface area contributed by atoms with Crippen LogP contribution < -0.4 is 5.32 Å². The number of aromatic nitrogens is 2. The lowest BCUT2D eigenvalue weighted by Gasteiger charge is -2.28. The summed E-state index contributed by atoms with van der Waals surface area (Å²) >= 11 is 0. The summed E-state index contributed by atoms with van der Waals surface area (Å²) in [6, 6.07) is 16.5. The predicted octanol–water partition coefficient (Wildman–Crippen LogP) is 5.58. The largest absolute Gasteiger partial charge is 0.322 e. The lowest BCUT2D eigenvalue weighted by atomic mass is 9.93. The van der Waals surface area contributed by atoms with Crippen LogP contribution in [0.3, 0.4) is 0 Å². The summed E-state index contributed by atoms with van der Waals surface area (Å²) in [6.07, 6.45) is 10.4. The number of Topliss-reactive ketones (excluding diaryl/α,β-unsaturated/α-hetero) is 1. The van der Waals surface area contributed by atoms with Gasteiger partial charge >= 0.3 is 0 Å². The lowest BCUT2D eigenvalue weighted by molar-refractivity contribution is -0.114. The first kappa shape index (κ1) is 26.1. The molecule has 6 nitrogen and oxygen atoms in total. The summed E-state index contributed by atoms with van der Waals surface area (Å²) < 4.78 is 15.3. The van der Waals surface area contributed by atoms with E-state index in [0.717, 1.165) is 36.3 Å². The van der Waals surface area contributed by atoms with E-state index >= 15 is 0 Å². The number of hydrogen-bond donors (Lipinski definition) is 1. The molecule has 3 aliphatic rings. The van der Waals surface area contributed by atoms with E-state index in [9.17, 15) is 14.0 Å². The van der Waals surface area contributed by atoms with Gasteiger partial charge in [0.2, 0.25) is 0 Å². The number of likely N-dealkylation sites (tertiary alicyclic amines) is 1. The number of halogens is 1. The zero-order valence-electron chi connectivity index (χ0n) is 22.6. The van der Waals surface area contributed by atoms with Crippen molar-refractivity contribution in [2.75, 3.05) is 13.1 Å². The Bertz CT molecular complexity index is 1530. The molecular weight excluding hydrogens is 503 g/mol. The fourth-order valence-electron chi connectivity index (χ4n) is 5.69. The molecule has 3 aromatic rings. The maximum atomic E-state index is 13.5. The Morgan fingerprint density at radius 1 is 1.12 bits per heavy atom. The Balaban J connectivity index is 1.13. The van der Waals surface area contributed by atoms with Crippen molar-refractivity contribution < 1.29 is 14.0 Å². The molecule has 6 rings (SSSR count). The van der Waals surface area contributed by atoms with E-state index in [4.69, 9.17) is 0 Å². The zero-order valence-corrected chi connectivity index (χ0v) is 22.6. The van der Waals surface area contributed by atoms with Crippen molar-refractivity contribution in [3.8, 4) is 0 Å². The molecule has 0 radical (unpaired) electrons. The topological polar surface area (TPSA) is 67.2 Å². The highest BCUT2D eigenvalue weighted by Crippen LogP contribution is 2.33. The fraction of sp³-hybridized carbons (Fsp3) is 0.303. The molecule has 2 aliphatic carbocycles. The summed E-state index contributed by atoms with van der Waals surface area (Å²) in [4.78, 5) is 28.2. The van der Waals surface area contributed by atoms with Crippen molar-refractivity contribution in [2.24, 2.45) is 0 Å². The number of amides is 1. The standard InChI is InChI=1S/C33H33FN4O2/c1-22(24-5-3-2-4-6-24)38-21-28(19-35-38)33(40)36-30-9-10-32(39)31(18-30)27-16-25-8-7-23(15-26(25)17-27)20-37-13-11-29(34)12-14-37/h2-9,15,17-19,21-22,29H,10-14,16,20H2,1H3,(H,36,40). The average Bonchev–Trinajstić information content (AvgIpc) is 3.63. The highest BCUT2D eigenvalue weighted by atomic mass is 19.1. The molecule has 1 atom stereocenters. The van der Waals surface area contributed by atoms with Gasteiger partial charge in [0.25, 0.3) is 5.91 Å². The van der Waals surface area contributed by atoms with Gasteiger partial charge < -0.3 is 5.32 Å². The maximum Gasteiger partial charge on any atom is 0.258 e. The molecule has 1 aliphatic heterocycles. The van der Waals surface area contributed by atoms with Gasteiger partial charge in [-0.05, 0) is 60.1 Å². The summed E-state index contributed by atoms with van der Waals surface area (Å²) in [7, 11) is 0. The van der Waals surface area contributed by atoms with Crippen LogP contribution in [0.25, 0.3) is 6.08 Å². The van der Waals surface area contributed by atoms with Crippen molar-refractivity contribution in [2.45, 2.75) is 51.4 Å². The smallest absolute Gasteiger partial charge is 0.258 e. The van der Waals surface area contributed by atoms with Gasteiger partial charge in [-0.25, -0.2) is 4.39 Å². The number of allylic oxidation sites excluding steroid dienone is 4. The summed E-state index contributed by atoms with van der Waals surface area (Å²) in [5, 5.41) is 7.37. The monoisotopic (exact) mass is 536 g/mol. The second-order valence-electron chi connectivity index (χ2n) is 10.9. The SMILES string of the molecule is CC(c1ccccc1)n1cc(C(=O)NC2=CCC(=O)C(C3=Cc4cc(CN5CCC(F)CC5)ccc4C3)=C2)cn1. The minimum Gasteiger partial charge on any atom is -0.322 e. The van der Waals surface area contributed by atoms with E-state index in [2.05, 4.69) is 39.6 Å². The van der Waals surface area contributed by atoms with Gasteiger partial charge in [0.15, 0.2) is 5.78 Å². The molecule has 40 heavy (non-hydrogen) atoms. The number of carbonyl (C=O) groups is 2. The van der Waals surface area contributed by atoms with Crippen LogP contribution in [0.4, 0.5) is 4.39 Å². The number of nitrogens with zero attached hydrogens (tertiary/aromatic N) is 3. The maximum absolute atomic E-state index is 13.5. The number of ketones is 1. The molecule has 0 bridgehead atoms. The number of nitrogens with one attached hydrogen (secondary N) is 1. The van der Waals surface area contributed by atoms with E-state index in [1.807, 2.05) is 37.3 Å². The molecule has 1 unspecified atom stereocenters. The average molecular weight is 537 g/mol. The molecule has 0 spiro atoms. The summed E-state index contributed by atoms with van der Waals surface area (Å²) in [5.41, 5.74) is 7.33. The van der Waals surface area contributed by atoms with Crippen LogP contribution in [-0.4, -0.2) is 45.6 Å². The minimum atomic E-state index is -0.673. The Morgan fingerprint density at radius 3 is 2.73 bits per heavy atom. The molecule has 1 N–H and O–H groups in total. The zero-order chi connectivity index (χ0) is 27.6. The van der Waals surface area contributed by atoms with Crippen molar-refractivity contribution in [1.82, 2.24) is 20.0 Å². The van der Waals surface area contributed by atoms with Gasteiger partial charge in [-0.15, -0.1) is 0 Å². The Hall–Kier alpha value is -4.10. The van der Waals surface area contributed by atoms with Gasteiger partial charge in [-0.2, -0.15) is 5.10 Å². The van der Waals surface area contributed by atoms with Crippen molar-refractivity contribution in [3.05, 3.63) is 118 Å². The first-order valence-electron chi connectivity index (χ1n) is 14.0. The van der Waals surface area contributed by atoms with E-state index in [-0.39, 0.29) is 24.2 Å². The Kier molecular flexibility index (Phi) is 7.30. The minimum absolute atomic E-state index is 0.000398. The van der Waals surface area contributed by atoms with Gasteiger partial charge in [0.1, 0.15) is 6.17 Å². The predicted molar refractivity (Wildman–Crippen MR) is 153 cm³/mol. The number of fused-ring (bicyclic) bond motifs is 1. The van der Waals surface area contributed by atoms with Crippen LogP contribution in [0.1, 0.15) is 64.8 Å². The number of hydrogen-bond acceptors (Lipinski definition) is 4. The highest BCUT2D eigenvalue weighted by molar-refractivity contribution is 6.04. The summed E-state index contributed by atoms with van der Waals surface area (Å²) in [6.45, 7) is 4.42. The third kappa shape index (κ3) is 5.61. The van der Waals surface area contributed by atoms with Gasteiger partial charge in [0.05, 0.1) is 17.8 Å². The first-order chi connectivity index (χ1) is 19.4. The van der Waals surface area contributed by atoms with Gasteiger partial charge in [-0.3, -0.25) is 19.2 Å². The molecule has 2 heterocycles. The van der Waals surface area contributed by atoms with Crippen LogP contribution >= 0.6 is 0 Å². The van der Waals surface area contributed by atoms with Crippen LogP contribution in [-0.2, 0) is 17.8 Å². The summed E-state index contributed by atoms with van der Waals surface area (Å²) in [5.74, 6) is -0.205. The molecule has 1 saturated heterocycles. The molecule has 0 saturated carbocycles. The molecule has 2 aromatic carbocycles. The van der Waals surface area contributed by atoms with Crippen molar-refractivity contribution >= 4 is 17.8 Å². The highest BCUT2D eigenvalue weighted by Gasteiger charge is 2.25. The van der Waals surface area contributed by atoms with Gasteiger partial charge in [-0.1, -0.05) is 60.7 Å². The van der Waals surface area contributed by atoms with Crippen LogP contribution in [0.2, 0.25) is 0 Å². The van der Waals surface area contributed by atoms with E-state index in [1.54, 1.807) is 29.2 Å². The molecule has 1 amide bonds. The van der Waals surface area contributed by atoms with Crippen LogP contribution in [0.5, 0.6) is 0 Å². The van der Waals surface area contributed by atoms with Crippen LogP contribution in [0.15, 0.2) is 89.9 Å². The molecule has 204 valence electrons. The second kappa shape index (κ2) is 11.2. The molecule has 1 aromatic heterocycles. The molecule has 1 fully saturated rings. The first-order valence-corrected chi connectivity index (χ1v) is 14.0. The number of alkyl halides is 1. The molecule has 7 heteroatoms. The van der Waals surface area contributed by atoms with Gasteiger partial charge in [0, 0.05) is 43.5 Å². The number of rotatable bonds is 7. The van der Waals surface area contributed by atoms with E-state index in [0.29, 0.717) is 36.1 Å². The quantitative estimate of drug-likeness (QED) is 0.428. The third-order valence-electron chi connectivity index (χ3n) is 8.10. The van der Waals surface area contributed by atoms with E-state index in [1.165, 1.54) is 11.1 Å². The van der Waals surface area contributed by atoms with Crippen LogP contribution in [0, 0.1) is 0 Å². The fourth-order valence-corrected chi connectivity index (χ4v) is 5.69. The normalized spacial score (nSPS) is 18.6. The third-order valence-corrected chi connectivity index (χ3v) is 8.10. The van der Waals surface area contributed by atoms with Crippen molar-refractivity contribution in [3.63, 3.8) is 0 Å². The Labute approximate surface area is 233 Å². The van der Waals surface area contributed by atoms with E-state index < -0.39 is 6.17 Å². The number of piperidine rings is 1. The second-order valence-corrected chi connectivity index (χ2v) is 10.9. The number of benzene rings is 2. The molecular formula is C33H33FN4O2.